The zero-order valence-electron chi connectivity index (χ0n) is 32.7. The highest BCUT2D eigenvalue weighted by Crippen LogP contribution is 2.32. The number of anilines is 1. The lowest BCUT2D eigenvalue weighted by molar-refractivity contribution is -0.384. The van der Waals surface area contributed by atoms with E-state index < -0.39 is 31.4 Å². The first-order valence-electron chi connectivity index (χ1n) is 18.6. The average Bonchev–Trinajstić information content (AvgIpc) is 3.21. The molecule has 1 heterocycles. The second-order valence-electron chi connectivity index (χ2n) is 14.0. The maximum absolute atomic E-state index is 13.4. The monoisotopic (exact) mass is 818 g/mol. The van der Waals surface area contributed by atoms with Crippen molar-refractivity contribution in [1.82, 2.24) is 19.4 Å². The van der Waals surface area contributed by atoms with Crippen LogP contribution in [0.1, 0.15) is 22.3 Å². The fourth-order valence-corrected chi connectivity index (χ4v) is 8.13. The maximum atomic E-state index is 13.4. The molecule has 2 amide bonds. The lowest BCUT2D eigenvalue weighted by atomic mass is 9.99. The van der Waals surface area contributed by atoms with E-state index in [0.29, 0.717) is 50.6 Å². The third-order valence-electron chi connectivity index (χ3n) is 9.50. The van der Waals surface area contributed by atoms with Crippen molar-refractivity contribution >= 4 is 45.0 Å². The van der Waals surface area contributed by atoms with Crippen LogP contribution in [-0.2, 0) is 26.0 Å². The van der Waals surface area contributed by atoms with E-state index >= 15 is 0 Å². The Morgan fingerprint density at radius 3 is 2.35 bits per heavy atom. The first kappa shape index (κ1) is 43.1. The molecule has 5 rings (SSSR count). The molecule has 0 radical (unpaired) electrons. The summed E-state index contributed by atoms with van der Waals surface area (Å²) < 4.78 is 40.0. The minimum absolute atomic E-state index is 0.0562. The SMILES string of the molecule is COc1cc(CCC(=O)N(C)CCN(C)C)ccc1-c1ccc(C(=O)NS(=O)(=O)c2ccc(N[C@@H](CSc3ccccc3)CN3CCOCC3)c([N+](=O)[O-])c2)cc1. The van der Waals surface area contributed by atoms with E-state index in [4.69, 9.17) is 9.47 Å². The Morgan fingerprint density at radius 2 is 1.68 bits per heavy atom. The van der Waals surface area contributed by atoms with Gasteiger partial charge in [0.25, 0.3) is 21.6 Å². The minimum Gasteiger partial charge on any atom is -0.496 e. The van der Waals surface area contributed by atoms with E-state index in [9.17, 15) is 28.1 Å². The van der Waals surface area contributed by atoms with Crippen molar-refractivity contribution in [3.8, 4) is 16.9 Å². The van der Waals surface area contributed by atoms with Crippen LogP contribution >= 0.6 is 11.8 Å². The van der Waals surface area contributed by atoms with Crippen LogP contribution in [0.15, 0.2) is 101 Å². The predicted molar refractivity (Wildman–Crippen MR) is 223 cm³/mol. The number of rotatable bonds is 19. The number of nitro benzene ring substituents is 1. The molecule has 4 aromatic carbocycles. The second kappa shape index (κ2) is 20.4. The van der Waals surface area contributed by atoms with Crippen molar-refractivity contribution in [2.24, 2.45) is 0 Å². The van der Waals surface area contributed by atoms with E-state index in [1.165, 1.54) is 24.3 Å². The summed E-state index contributed by atoms with van der Waals surface area (Å²) in [5.41, 5.74) is 2.24. The Kier molecular flexibility index (Phi) is 15.5. The highest BCUT2D eigenvalue weighted by molar-refractivity contribution is 7.99. The van der Waals surface area contributed by atoms with Crippen molar-refractivity contribution in [2.75, 3.05) is 85.3 Å². The Balaban J connectivity index is 1.25. The van der Waals surface area contributed by atoms with Gasteiger partial charge in [-0.15, -0.1) is 11.8 Å². The summed E-state index contributed by atoms with van der Waals surface area (Å²) in [5, 5.41) is 15.5. The number of hydrogen-bond acceptors (Lipinski definition) is 12. The summed E-state index contributed by atoms with van der Waals surface area (Å²) in [5.74, 6) is 0.351. The third kappa shape index (κ3) is 12.5. The summed E-state index contributed by atoms with van der Waals surface area (Å²) in [6.45, 7) is 4.70. The molecular formula is C41H50N6O8S2. The molecule has 0 aliphatic carbocycles. The summed E-state index contributed by atoms with van der Waals surface area (Å²) in [7, 11) is 2.79. The standard InChI is InChI=1S/C41H50N6O8S2/c1-44(2)20-21-45(3)40(48)19-11-30-10-17-36(39(26-30)54-4)31-12-14-32(15-13-31)41(49)43-57(52,53)35-16-18-37(38(27-35)47(50)51)42-33(28-46-22-24-55-25-23-46)29-56-34-8-6-5-7-9-34/h5-10,12-18,26-27,33,42H,11,19-25,28-29H2,1-4H3,(H,43,49)/t33-/m1/s1. The number of carbonyl (C=O) groups is 2. The Hall–Kier alpha value is -5.00. The van der Waals surface area contributed by atoms with Crippen LogP contribution in [0.25, 0.3) is 11.1 Å². The minimum atomic E-state index is -4.49. The molecule has 0 saturated carbocycles. The van der Waals surface area contributed by atoms with E-state index in [1.807, 2.05) is 67.5 Å². The van der Waals surface area contributed by atoms with Gasteiger partial charge in [-0.05, 0) is 74.1 Å². The number of thioether (sulfide) groups is 1. The molecule has 0 spiro atoms. The van der Waals surface area contributed by atoms with Gasteiger partial charge in [-0.2, -0.15) is 0 Å². The van der Waals surface area contributed by atoms with Crippen LogP contribution in [0, 0.1) is 10.1 Å². The molecule has 16 heteroatoms. The quantitative estimate of drug-likeness (QED) is 0.0720. The molecule has 1 saturated heterocycles. The smallest absolute Gasteiger partial charge is 0.293 e. The number of morpholine rings is 1. The van der Waals surface area contributed by atoms with Gasteiger partial charge in [0, 0.05) is 80.1 Å². The summed E-state index contributed by atoms with van der Waals surface area (Å²) >= 11 is 1.62. The molecule has 0 bridgehead atoms. The summed E-state index contributed by atoms with van der Waals surface area (Å²) in [6, 6.07) is 25.2. The molecule has 1 atom stereocenters. The second-order valence-corrected chi connectivity index (χ2v) is 16.8. The molecule has 0 aromatic heterocycles. The number of aryl methyl sites for hydroxylation is 1. The van der Waals surface area contributed by atoms with Crippen LogP contribution in [-0.4, -0.2) is 126 Å². The van der Waals surface area contributed by atoms with Crippen molar-refractivity contribution in [3.63, 3.8) is 0 Å². The number of ether oxygens (including phenoxy) is 2. The number of hydrogen-bond donors (Lipinski definition) is 2. The van der Waals surface area contributed by atoms with Crippen LogP contribution in [0.5, 0.6) is 5.75 Å². The molecule has 1 fully saturated rings. The topological polar surface area (TPSA) is 164 Å². The van der Waals surface area contributed by atoms with Gasteiger partial charge in [0.05, 0.1) is 30.1 Å². The largest absolute Gasteiger partial charge is 0.496 e. The molecule has 14 nitrogen and oxygen atoms in total. The molecule has 57 heavy (non-hydrogen) atoms. The first-order valence-corrected chi connectivity index (χ1v) is 21.1. The Morgan fingerprint density at radius 1 is 0.965 bits per heavy atom. The Bertz CT molecular complexity index is 2100. The zero-order valence-corrected chi connectivity index (χ0v) is 34.3. The zero-order chi connectivity index (χ0) is 41.0. The van der Waals surface area contributed by atoms with Gasteiger partial charge < -0.3 is 24.6 Å². The number of likely N-dealkylation sites (N-methyl/N-ethyl adjacent to an activating group) is 2. The third-order valence-corrected chi connectivity index (χ3v) is 12.0. The Labute approximate surface area is 338 Å². The van der Waals surface area contributed by atoms with Gasteiger partial charge >= 0.3 is 0 Å². The van der Waals surface area contributed by atoms with Crippen molar-refractivity contribution in [1.29, 1.82) is 0 Å². The normalized spacial score (nSPS) is 13.8. The lowest BCUT2D eigenvalue weighted by Gasteiger charge is -2.31. The van der Waals surface area contributed by atoms with E-state index in [-0.39, 0.29) is 23.2 Å². The van der Waals surface area contributed by atoms with Crippen molar-refractivity contribution in [2.45, 2.75) is 28.7 Å². The molecular weight excluding hydrogens is 769 g/mol. The number of sulfonamides is 1. The molecule has 1 aliphatic rings. The van der Waals surface area contributed by atoms with Crippen LogP contribution < -0.4 is 14.8 Å². The highest BCUT2D eigenvalue weighted by atomic mass is 32.2. The van der Waals surface area contributed by atoms with Gasteiger partial charge in [-0.3, -0.25) is 24.6 Å². The molecule has 2 N–H and O–H groups in total. The number of methoxy groups -OCH3 is 1. The van der Waals surface area contributed by atoms with E-state index in [2.05, 4.69) is 14.9 Å². The van der Waals surface area contributed by atoms with Crippen LogP contribution in [0.4, 0.5) is 11.4 Å². The first-order chi connectivity index (χ1) is 27.3. The number of benzene rings is 4. The van der Waals surface area contributed by atoms with Crippen LogP contribution in [0.3, 0.4) is 0 Å². The fourth-order valence-electron chi connectivity index (χ4n) is 6.21. The van der Waals surface area contributed by atoms with Gasteiger partial charge in [-0.1, -0.05) is 42.5 Å². The predicted octanol–water partition coefficient (Wildman–Crippen LogP) is 5.25. The number of amides is 2. The van der Waals surface area contributed by atoms with Crippen molar-refractivity contribution in [3.05, 3.63) is 112 Å². The molecule has 1 aliphatic heterocycles. The van der Waals surface area contributed by atoms with Crippen molar-refractivity contribution < 1.29 is 32.4 Å². The van der Waals surface area contributed by atoms with Gasteiger partial charge in [0.1, 0.15) is 11.4 Å². The average molecular weight is 819 g/mol. The maximum Gasteiger partial charge on any atom is 0.293 e. The van der Waals surface area contributed by atoms with Gasteiger partial charge in [0.15, 0.2) is 0 Å². The summed E-state index contributed by atoms with van der Waals surface area (Å²) in [4.78, 5) is 44.0. The number of nitrogens with one attached hydrogen (secondary N) is 2. The lowest BCUT2D eigenvalue weighted by Crippen LogP contribution is -2.44. The fraction of sp³-hybridized carbons (Fsp3) is 0.366. The highest BCUT2D eigenvalue weighted by Gasteiger charge is 2.26. The number of carbonyl (C=O) groups excluding carboxylic acids is 2. The van der Waals surface area contributed by atoms with E-state index in [0.717, 1.165) is 47.3 Å². The van der Waals surface area contributed by atoms with E-state index in [1.54, 1.807) is 43.0 Å². The van der Waals surface area contributed by atoms with Crippen LogP contribution in [0.2, 0.25) is 0 Å². The molecule has 4 aromatic rings. The van der Waals surface area contributed by atoms with Gasteiger partial charge in [0.2, 0.25) is 5.91 Å². The summed E-state index contributed by atoms with van der Waals surface area (Å²) in [6.07, 6.45) is 0.902. The van der Waals surface area contributed by atoms with Gasteiger partial charge in [-0.25, -0.2) is 13.1 Å². The molecule has 304 valence electrons. The molecule has 0 unspecified atom stereocenters. The number of nitrogens with zero attached hydrogens (tertiary/aromatic N) is 4. The number of nitro groups is 1.